The number of nitrogens with zero attached hydrogens (tertiary/aromatic N) is 3. The highest BCUT2D eigenvalue weighted by Gasteiger charge is 2.21. The molecule has 1 atom stereocenters. The number of likely N-dealkylation sites (tertiary alicyclic amines) is 1. The molecular weight excluding hydrogens is 274 g/mol. The number of Topliss-reactive ketones (excluding diaryl/α,β-unsaturated/α-hetero) is 1. The van der Waals surface area contributed by atoms with Crippen LogP contribution in [0, 0.1) is 11.8 Å². The average Bonchev–Trinajstić information content (AvgIpc) is 2.93. The zero-order chi connectivity index (χ0) is 16.1. The Bertz CT molecular complexity index is 478. The lowest BCUT2D eigenvalue weighted by Crippen LogP contribution is -2.38. The molecule has 0 amide bonds. The second kappa shape index (κ2) is 7.91. The van der Waals surface area contributed by atoms with Crippen LogP contribution in [0.5, 0.6) is 0 Å². The third-order valence-corrected chi connectivity index (χ3v) is 4.69. The molecule has 0 N–H and O–H groups in total. The SMILES string of the molecule is CC(C)C(=O)CCN1CCC[C@@H](Cn2cc(C(C)C)cn2)C1. The fourth-order valence-electron chi connectivity index (χ4n) is 3.10. The number of carbonyl (C=O) groups excluding carboxylic acids is 1. The van der Waals surface area contributed by atoms with Crippen molar-refractivity contribution in [3.8, 4) is 0 Å². The van der Waals surface area contributed by atoms with Crippen molar-refractivity contribution in [3.63, 3.8) is 0 Å². The molecule has 4 nitrogen and oxygen atoms in total. The fourth-order valence-corrected chi connectivity index (χ4v) is 3.10. The van der Waals surface area contributed by atoms with Gasteiger partial charge in [0.05, 0.1) is 6.20 Å². The Balaban J connectivity index is 1.81. The summed E-state index contributed by atoms with van der Waals surface area (Å²) in [5, 5.41) is 4.50. The van der Waals surface area contributed by atoms with E-state index in [9.17, 15) is 4.79 Å². The van der Waals surface area contributed by atoms with E-state index in [0.717, 1.165) is 26.2 Å². The van der Waals surface area contributed by atoms with Crippen LogP contribution in [0.3, 0.4) is 0 Å². The first-order valence-corrected chi connectivity index (χ1v) is 8.73. The molecule has 1 aliphatic rings. The standard InChI is InChI=1S/C18H31N3O/c1-14(2)17-10-19-21(13-17)12-16-6-5-8-20(11-16)9-7-18(22)15(3)4/h10,13-16H,5-9,11-12H2,1-4H3/t16-/m1/s1. The summed E-state index contributed by atoms with van der Waals surface area (Å²) in [6.07, 6.45) is 7.38. The first-order valence-electron chi connectivity index (χ1n) is 8.73. The van der Waals surface area contributed by atoms with E-state index in [1.54, 1.807) is 0 Å². The zero-order valence-electron chi connectivity index (χ0n) is 14.6. The van der Waals surface area contributed by atoms with Gasteiger partial charge in [-0.1, -0.05) is 27.7 Å². The Hall–Kier alpha value is -1.16. The van der Waals surface area contributed by atoms with E-state index in [0.29, 0.717) is 24.0 Å². The van der Waals surface area contributed by atoms with Crippen LogP contribution in [-0.2, 0) is 11.3 Å². The summed E-state index contributed by atoms with van der Waals surface area (Å²) < 4.78 is 2.10. The summed E-state index contributed by atoms with van der Waals surface area (Å²) in [6, 6.07) is 0. The number of hydrogen-bond donors (Lipinski definition) is 0. The molecule has 0 unspecified atom stereocenters. The molecule has 0 aromatic carbocycles. The van der Waals surface area contributed by atoms with Crippen LogP contribution < -0.4 is 0 Å². The van der Waals surface area contributed by atoms with E-state index in [1.165, 1.54) is 18.4 Å². The van der Waals surface area contributed by atoms with Gasteiger partial charge in [-0.05, 0) is 36.8 Å². The van der Waals surface area contributed by atoms with Crippen LogP contribution in [0.4, 0.5) is 0 Å². The molecule has 1 aromatic heterocycles. The van der Waals surface area contributed by atoms with Crippen molar-refractivity contribution in [2.24, 2.45) is 11.8 Å². The van der Waals surface area contributed by atoms with Gasteiger partial charge in [-0.3, -0.25) is 9.48 Å². The summed E-state index contributed by atoms with van der Waals surface area (Å²) in [5.41, 5.74) is 1.31. The van der Waals surface area contributed by atoms with Crippen molar-refractivity contribution in [1.29, 1.82) is 0 Å². The molecule has 2 heterocycles. The minimum atomic E-state index is 0.166. The normalized spacial score (nSPS) is 20.0. The Kier molecular flexibility index (Phi) is 6.18. The summed E-state index contributed by atoms with van der Waals surface area (Å²) in [6.45, 7) is 12.5. The highest BCUT2D eigenvalue weighted by atomic mass is 16.1. The van der Waals surface area contributed by atoms with Crippen molar-refractivity contribution in [1.82, 2.24) is 14.7 Å². The first-order chi connectivity index (χ1) is 10.5. The number of carbonyl (C=O) groups is 1. The molecule has 0 radical (unpaired) electrons. The molecular formula is C18H31N3O. The van der Waals surface area contributed by atoms with Crippen molar-refractivity contribution in [3.05, 3.63) is 18.0 Å². The van der Waals surface area contributed by atoms with E-state index in [4.69, 9.17) is 0 Å². The van der Waals surface area contributed by atoms with Crippen molar-refractivity contribution in [2.75, 3.05) is 19.6 Å². The largest absolute Gasteiger partial charge is 0.303 e. The van der Waals surface area contributed by atoms with Gasteiger partial charge in [-0.15, -0.1) is 0 Å². The molecule has 1 aromatic rings. The molecule has 22 heavy (non-hydrogen) atoms. The molecule has 1 aliphatic heterocycles. The van der Waals surface area contributed by atoms with E-state index < -0.39 is 0 Å². The number of ketones is 1. The lowest BCUT2D eigenvalue weighted by atomic mass is 9.97. The Morgan fingerprint density at radius 3 is 2.77 bits per heavy atom. The van der Waals surface area contributed by atoms with Gasteiger partial charge in [0.1, 0.15) is 5.78 Å². The van der Waals surface area contributed by atoms with Crippen LogP contribution in [0.1, 0.15) is 58.4 Å². The van der Waals surface area contributed by atoms with Gasteiger partial charge in [0.15, 0.2) is 0 Å². The van der Waals surface area contributed by atoms with Gasteiger partial charge in [0, 0.05) is 38.2 Å². The highest BCUT2D eigenvalue weighted by Crippen LogP contribution is 2.20. The maximum Gasteiger partial charge on any atom is 0.136 e. The molecule has 124 valence electrons. The van der Waals surface area contributed by atoms with E-state index >= 15 is 0 Å². The molecule has 0 aliphatic carbocycles. The number of piperidine rings is 1. The maximum atomic E-state index is 11.8. The van der Waals surface area contributed by atoms with Crippen molar-refractivity contribution < 1.29 is 4.79 Å². The van der Waals surface area contributed by atoms with Crippen LogP contribution in [0.2, 0.25) is 0 Å². The summed E-state index contributed by atoms with van der Waals surface area (Å²) in [7, 11) is 0. The van der Waals surface area contributed by atoms with Crippen molar-refractivity contribution in [2.45, 2.75) is 59.4 Å². The first kappa shape index (κ1) is 17.2. The zero-order valence-corrected chi connectivity index (χ0v) is 14.6. The minimum Gasteiger partial charge on any atom is -0.303 e. The van der Waals surface area contributed by atoms with E-state index in [2.05, 4.69) is 34.7 Å². The van der Waals surface area contributed by atoms with Gasteiger partial charge in [0.25, 0.3) is 0 Å². The molecule has 0 saturated carbocycles. The third kappa shape index (κ3) is 4.94. The molecule has 1 fully saturated rings. The van der Waals surface area contributed by atoms with Crippen LogP contribution in [0.25, 0.3) is 0 Å². The summed E-state index contributed by atoms with van der Waals surface area (Å²) >= 11 is 0. The van der Waals surface area contributed by atoms with Gasteiger partial charge in [-0.2, -0.15) is 5.10 Å². The molecule has 0 spiro atoms. The second-order valence-electron chi connectivity index (χ2n) is 7.33. The van der Waals surface area contributed by atoms with E-state index in [-0.39, 0.29) is 5.92 Å². The predicted molar refractivity (Wildman–Crippen MR) is 89.9 cm³/mol. The minimum absolute atomic E-state index is 0.166. The maximum absolute atomic E-state index is 11.8. The van der Waals surface area contributed by atoms with Crippen LogP contribution in [-0.4, -0.2) is 40.1 Å². The van der Waals surface area contributed by atoms with Gasteiger partial charge in [-0.25, -0.2) is 0 Å². The molecule has 1 saturated heterocycles. The third-order valence-electron chi connectivity index (χ3n) is 4.69. The number of hydrogen-bond acceptors (Lipinski definition) is 3. The van der Waals surface area contributed by atoms with Gasteiger partial charge < -0.3 is 4.90 Å². The quantitative estimate of drug-likeness (QED) is 0.775. The van der Waals surface area contributed by atoms with Gasteiger partial charge >= 0.3 is 0 Å². The Labute approximate surface area is 134 Å². The van der Waals surface area contributed by atoms with Crippen LogP contribution in [0.15, 0.2) is 12.4 Å². The second-order valence-corrected chi connectivity index (χ2v) is 7.33. The topological polar surface area (TPSA) is 38.1 Å². The fraction of sp³-hybridized carbons (Fsp3) is 0.778. The number of aromatic nitrogens is 2. The average molecular weight is 305 g/mol. The van der Waals surface area contributed by atoms with Crippen molar-refractivity contribution >= 4 is 5.78 Å². The van der Waals surface area contributed by atoms with E-state index in [1.807, 2.05) is 20.0 Å². The monoisotopic (exact) mass is 305 g/mol. The molecule has 4 heteroatoms. The smallest absolute Gasteiger partial charge is 0.136 e. The number of rotatable bonds is 7. The van der Waals surface area contributed by atoms with Crippen LogP contribution >= 0.6 is 0 Å². The van der Waals surface area contributed by atoms with Gasteiger partial charge in [0.2, 0.25) is 0 Å². The lowest BCUT2D eigenvalue weighted by molar-refractivity contribution is -0.122. The Morgan fingerprint density at radius 1 is 1.36 bits per heavy atom. The molecule has 2 rings (SSSR count). The summed E-state index contributed by atoms with van der Waals surface area (Å²) in [5.74, 6) is 1.75. The lowest BCUT2D eigenvalue weighted by Gasteiger charge is -2.32. The molecule has 0 bridgehead atoms. The predicted octanol–water partition coefficient (Wildman–Crippen LogP) is 3.33. The Morgan fingerprint density at radius 2 is 2.14 bits per heavy atom. The summed E-state index contributed by atoms with van der Waals surface area (Å²) in [4.78, 5) is 14.2. The highest BCUT2D eigenvalue weighted by molar-refractivity contribution is 5.80.